The first-order valence-electron chi connectivity index (χ1n) is 6.49. The molecule has 1 aliphatic heterocycles. The summed E-state index contributed by atoms with van der Waals surface area (Å²) >= 11 is 0. The predicted octanol–water partition coefficient (Wildman–Crippen LogP) is 1.27. The van der Waals surface area contributed by atoms with Crippen LogP contribution >= 0.6 is 0 Å². The number of ether oxygens (including phenoxy) is 1. The van der Waals surface area contributed by atoms with Crippen LogP contribution in [0.4, 0.5) is 8.78 Å². The lowest BCUT2D eigenvalue weighted by Crippen LogP contribution is -2.22. The Labute approximate surface area is 123 Å². The summed E-state index contributed by atoms with van der Waals surface area (Å²) in [6, 6.07) is 3.40. The fraction of sp³-hybridized carbons (Fsp3) is 0.231. The van der Waals surface area contributed by atoms with Gasteiger partial charge in [0.05, 0.1) is 6.54 Å². The molecule has 2 atom stereocenters. The first-order chi connectivity index (χ1) is 10.7. The molecule has 0 saturated carbocycles. The van der Waals surface area contributed by atoms with Gasteiger partial charge < -0.3 is 4.74 Å². The lowest BCUT2D eigenvalue weighted by Gasteiger charge is -2.14. The predicted molar refractivity (Wildman–Crippen MR) is 68.2 cm³/mol. The van der Waals surface area contributed by atoms with E-state index < -0.39 is 23.5 Å². The molecule has 2 aromatic heterocycles. The smallest absolute Gasteiger partial charge is 0.188 e. The molecule has 0 amide bonds. The highest BCUT2D eigenvalue weighted by Gasteiger charge is 2.61. The van der Waals surface area contributed by atoms with Crippen LogP contribution in [0, 0.1) is 11.6 Å². The molecule has 0 spiro atoms. The standard InChI is InChI=1S/C13H10F2N6O/c14-9-1-2-10(11(15)3-9)13(4-20-7-16-5-18-20)12(22-13)21-8-17-6-19-21/h1-3,5-8,12H,4H2/t12-,13+/m0/s1. The van der Waals surface area contributed by atoms with E-state index in [4.69, 9.17) is 4.74 Å². The normalized spacial score (nSPS) is 23.6. The van der Waals surface area contributed by atoms with Crippen LogP contribution in [0.25, 0.3) is 0 Å². The van der Waals surface area contributed by atoms with Gasteiger partial charge >= 0.3 is 0 Å². The summed E-state index contributed by atoms with van der Waals surface area (Å²) in [4.78, 5) is 7.72. The second-order valence-electron chi connectivity index (χ2n) is 4.95. The second kappa shape index (κ2) is 4.67. The number of hydrogen-bond donors (Lipinski definition) is 0. The molecular weight excluding hydrogens is 294 g/mol. The number of halogens is 2. The maximum absolute atomic E-state index is 14.2. The summed E-state index contributed by atoms with van der Waals surface area (Å²) in [5.74, 6) is -1.32. The van der Waals surface area contributed by atoms with Crippen LogP contribution in [0.3, 0.4) is 0 Å². The van der Waals surface area contributed by atoms with Crippen LogP contribution in [0.15, 0.2) is 43.5 Å². The monoisotopic (exact) mass is 304 g/mol. The molecule has 3 heterocycles. The van der Waals surface area contributed by atoms with Crippen molar-refractivity contribution < 1.29 is 13.5 Å². The molecular formula is C13H10F2N6O. The van der Waals surface area contributed by atoms with Crippen LogP contribution < -0.4 is 0 Å². The first kappa shape index (κ1) is 13.0. The average molecular weight is 304 g/mol. The van der Waals surface area contributed by atoms with Crippen molar-refractivity contribution in [3.05, 3.63) is 60.7 Å². The second-order valence-corrected chi connectivity index (χ2v) is 4.95. The van der Waals surface area contributed by atoms with E-state index in [0.29, 0.717) is 0 Å². The third-order valence-electron chi connectivity index (χ3n) is 3.59. The Bertz CT molecular complexity index is 791. The largest absolute Gasteiger partial charge is 0.335 e. The van der Waals surface area contributed by atoms with Gasteiger partial charge in [-0.2, -0.15) is 10.2 Å². The third kappa shape index (κ3) is 1.98. The zero-order valence-electron chi connectivity index (χ0n) is 11.2. The minimum atomic E-state index is -1.03. The van der Waals surface area contributed by atoms with Crippen molar-refractivity contribution in [3.63, 3.8) is 0 Å². The van der Waals surface area contributed by atoms with Gasteiger partial charge in [0.15, 0.2) is 11.8 Å². The van der Waals surface area contributed by atoms with E-state index in [2.05, 4.69) is 20.2 Å². The van der Waals surface area contributed by atoms with Crippen LogP contribution in [0.5, 0.6) is 0 Å². The summed E-state index contributed by atoms with van der Waals surface area (Å²) in [5, 5.41) is 8.03. The van der Waals surface area contributed by atoms with E-state index in [1.165, 1.54) is 46.8 Å². The molecule has 0 radical (unpaired) electrons. The van der Waals surface area contributed by atoms with Crippen LogP contribution in [0.2, 0.25) is 0 Å². The van der Waals surface area contributed by atoms with Gasteiger partial charge in [-0.05, 0) is 6.07 Å². The Morgan fingerprint density at radius 1 is 1.14 bits per heavy atom. The molecule has 0 bridgehead atoms. The third-order valence-corrected chi connectivity index (χ3v) is 3.59. The van der Waals surface area contributed by atoms with E-state index in [1.54, 1.807) is 0 Å². The van der Waals surface area contributed by atoms with Crippen molar-refractivity contribution in [2.45, 2.75) is 18.4 Å². The molecule has 1 aromatic carbocycles. The summed E-state index contributed by atoms with van der Waals surface area (Å²) < 4.78 is 36.1. The minimum Gasteiger partial charge on any atom is -0.335 e. The Hall–Kier alpha value is -2.68. The maximum Gasteiger partial charge on any atom is 0.188 e. The molecule has 0 aliphatic carbocycles. The number of aromatic nitrogens is 6. The number of nitrogens with zero attached hydrogens (tertiary/aromatic N) is 6. The first-order valence-corrected chi connectivity index (χ1v) is 6.49. The van der Waals surface area contributed by atoms with Crippen molar-refractivity contribution in [1.29, 1.82) is 0 Å². The van der Waals surface area contributed by atoms with Crippen molar-refractivity contribution in [3.8, 4) is 0 Å². The number of benzene rings is 1. The molecule has 1 aliphatic rings. The lowest BCUT2D eigenvalue weighted by atomic mass is 9.97. The molecule has 7 nitrogen and oxygen atoms in total. The van der Waals surface area contributed by atoms with Gasteiger partial charge in [0, 0.05) is 11.6 Å². The Kier molecular flexibility index (Phi) is 2.76. The van der Waals surface area contributed by atoms with Crippen molar-refractivity contribution in [1.82, 2.24) is 29.5 Å². The summed E-state index contributed by atoms with van der Waals surface area (Å²) in [6.07, 6.45) is 5.18. The molecule has 3 aromatic rings. The van der Waals surface area contributed by atoms with Gasteiger partial charge in [-0.1, -0.05) is 6.07 Å². The fourth-order valence-electron chi connectivity index (χ4n) is 2.56. The maximum atomic E-state index is 14.2. The number of hydrogen-bond acceptors (Lipinski definition) is 5. The Morgan fingerprint density at radius 2 is 1.95 bits per heavy atom. The SMILES string of the molecule is Fc1ccc([C@@]2(Cn3cncn3)O[C@@H]2n2cncn2)c(F)c1. The van der Waals surface area contributed by atoms with Crippen LogP contribution in [0.1, 0.15) is 11.8 Å². The Morgan fingerprint density at radius 3 is 2.64 bits per heavy atom. The molecule has 9 heteroatoms. The van der Waals surface area contributed by atoms with E-state index in [0.717, 1.165) is 6.07 Å². The summed E-state index contributed by atoms with van der Waals surface area (Å²) in [6.45, 7) is 0.222. The average Bonchev–Trinajstić information content (AvgIpc) is 2.91. The number of epoxide rings is 1. The molecule has 0 unspecified atom stereocenters. The van der Waals surface area contributed by atoms with E-state index in [-0.39, 0.29) is 12.1 Å². The molecule has 22 heavy (non-hydrogen) atoms. The quantitative estimate of drug-likeness (QED) is 0.679. The highest BCUT2D eigenvalue weighted by molar-refractivity contribution is 5.30. The van der Waals surface area contributed by atoms with Gasteiger partial charge in [0.2, 0.25) is 0 Å². The van der Waals surface area contributed by atoms with Crippen molar-refractivity contribution in [2.75, 3.05) is 0 Å². The van der Waals surface area contributed by atoms with Gasteiger partial charge in [-0.25, -0.2) is 28.1 Å². The van der Waals surface area contributed by atoms with E-state index in [1.807, 2.05) is 0 Å². The zero-order chi connectivity index (χ0) is 15.2. The van der Waals surface area contributed by atoms with E-state index >= 15 is 0 Å². The Balaban J connectivity index is 1.76. The van der Waals surface area contributed by atoms with E-state index in [9.17, 15) is 8.78 Å². The van der Waals surface area contributed by atoms with Gasteiger partial charge in [-0.15, -0.1) is 0 Å². The lowest BCUT2D eigenvalue weighted by molar-refractivity contribution is 0.246. The molecule has 1 fully saturated rings. The fourth-order valence-corrected chi connectivity index (χ4v) is 2.56. The van der Waals surface area contributed by atoms with Crippen molar-refractivity contribution in [2.24, 2.45) is 0 Å². The van der Waals surface area contributed by atoms with Crippen molar-refractivity contribution >= 4 is 0 Å². The van der Waals surface area contributed by atoms with Gasteiger partial charge in [0.25, 0.3) is 0 Å². The highest BCUT2D eigenvalue weighted by Crippen LogP contribution is 2.55. The molecule has 1 saturated heterocycles. The zero-order valence-corrected chi connectivity index (χ0v) is 11.2. The molecule has 0 N–H and O–H groups in total. The minimum absolute atomic E-state index is 0.222. The van der Waals surface area contributed by atoms with Crippen LogP contribution in [-0.4, -0.2) is 29.5 Å². The summed E-state index contributed by atoms with van der Waals surface area (Å²) in [7, 11) is 0. The van der Waals surface area contributed by atoms with Gasteiger partial charge in [-0.3, -0.25) is 0 Å². The molecule has 112 valence electrons. The van der Waals surface area contributed by atoms with Gasteiger partial charge in [0.1, 0.15) is 36.9 Å². The molecule has 4 rings (SSSR count). The van der Waals surface area contributed by atoms with Crippen LogP contribution in [-0.2, 0) is 16.9 Å². The highest BCUT2D eigenvalue weighted by atomic mass is 19.1. The topological polar surface area (TPSA) is 74.0 Å². The number of rotatable bonds is 4. The summed E-state index contributed by atoms with van der Waals surface area (Å²) in [5.41, 5.74) is -0.788.